The average molecular weight is 245 g/mol. The van der Waals surface area contributed by atoms with E-state index in [9.17, 15) is 0 Å². The van der Waals surface area contributed by atoms with Crippen molar-refractivity contribution in [3.63, 3.8) is 0 Å². The van der Waals surface area contributed by atoms with Crippen molar-refractivity contribution < 1.29 is 0 Å². The summed E-state index contributed by atoms with van der Waals surface area (Å²) in [6.45, 7) is 0.958. The van der Waals surface area contributed by atoms with Gasteiger partial charge in [-0.15, -0.1) is 0 Å². The predicted octanol–water partition coefficient (Wildman–Crippen LogP) is 2.89. The van der Waals surface area contributed by atoms with Crippen LogP contribution in [0.4, 0.5) is 11.4 Å². The second-order valence-corrected chi connectivity index (χ2v) is 5.25. The van der Waals surface area contributed by atoms with Gasteiger partial charge in [0.1, 0.15) is 0 Å². The lowest BCUT2D eigenvalue weighted by atomic mass is 10.2. The number of rotatable bonds is 4. The smallest absolute Gasteiger partial charge is 0.0578 e. The number of nitrogens with zero attached hydrogens (tertiary/aromatic N) is 2. The first-order chi connectivity index (χ1) is 8.33. The van der Waals surface area contributed by atoms with E-state index in [1.54, 1.807) is 17.5 Å². The summed E-state index contributed by atoms with van der Waals surface area (Å²) >= 11 is 1.75. The fourth-order valence-corrected chi connectivity index (χ4v) is 2.66. The molecule has 0 atom stereocenters. The van der Waals surface area contributed by atoms with Crippen LogP contribution in [-0.4, -0.2) is 11.0 Å². The van der Waals surface area contributed by atoms with Crippen LogP contribution >= 0.6 is 11.3 Å². The zero-order chi connectivity index (χ0) is 11.7. The van der Waals surface area contributed by atoms with E-state index in [1.165, 1.54) is 18.4 Å². The molecule has 1 aliphatic carbocycles. The van der Waals surface area contributed by atoms with Crippen LogP contribution < -0.4 is 10.6 Å². The molecule has 0 unspecified atom stereocenters. The van der Waals surface area contributed by atoms with Gasteiger partial charge in [0.15, 0.2) is 0 Å². The zero-order valence-corrected chi connectivity index (χ0v) is 10.4. The quantitative estimate of drug-likeness (QED) is 0.900. The maximum Gasteiger partial charge on any atom is 0.0578 e. The minimum absolute atomic E-state index is 0.665. The van der Waals surface area contributed by atoms with Crippen LogP contribution in [0.5, 0.6) is 0 Å². The Morgan fingerprint density at radius 2 is 2.29 bits per heavy atom. The molecular formula is C13H15N3S. The molecule has 2 aromatic heterocycles. The maximum absolute atomic E-state index is 5.80. The molecule has 3 nitrogen and oxygen atoms in total. The molecule has 2 aromatic rings. The summed E-state index contributed by atoms with van der Waals surface area (Å²) in [5.74, 6) is 0. The van der Waals surface area contributed by atoms with Crippen molar-refractivity contribution in [2.45, 2.75) is 25.4 Å². The van der Waals surface area contributed by atoms with Crippen LogP contribution in [0.2, 0.25) is 0 Å². The Kier molecular flexibility index (Phi) is 2.73. The van der Waals surface area contributed by atoms with Crippen molar-refractivity contribution in [3.05, 3.63) is 40.8 Å². The van der Waals surface area contributed by atoms with E-state index < -0.39 is 0 Å². The molecule has 0 amide bonds. The van der Waals surface area contributed by atoms with E-state index in [0.717, 1.165) is 17.9 Å². The van der Waals surface area contributed by atoms with Crippen LogP contribution in [0.25, 0.3) is 0 Å². The lowest BCUT2D eigenvalue weighted by Gasteiger charge is -2.24. The Hall–Kier alpha value is -1.55. The monoisotopic (exact) mass is 245 g/mol. The predicted molar refractivity (Wildman–Crippen MR) is 72.2 cm³/mol. The van der Waals surface area contributed by atoms with Gasteiger partial charge in [-0.3, -0.25) is 4.98 Å². The number of hydrogen-bond acceptors (Lipinski definition) is 4. The highest BCUT2D eigenvalue weighted by atomic mass is 32.1. The summed E-state index contributed by atoms with van der Waals surface area (Å²) in [5.41, 5.74) is 9.04. The first-order valence-electron chi connectivity index (χ1n) is 5.81. The summed E-state index contributed by atoms with van der Waals surface area (Å²) in [7, 11) is 0. The van der Waals surface area contributed by atoms with E-state index in [2.05, 4.69) is 26.7 Å². The Balaban J connectivity index is 1.85. The topological polar surface area (TPSA) is 42.1 Å². The number of thiophene rings is 1. The number of anilines is 2. The average Bonchev–Trinajstić information content (AvgIpc) is 3.03. The van der Waals surface area contributed by atoms with Gasteiger partial charge in [0, 0.05) is 18.8 Å². The highest BCUT2D eigenvalue weighted by molar-refractivity contribution is 7.07. The van der Waals surface area contributed by atoms with Gasteiger partial charge in [-0.25, -0.2) is 0 Å². The molecule has 1 saturated carbocycles. The lowest BCUT2D eigenvalue weighted by molar-refractivity contribution is 0.794. The molecule has 2 heterocycles. The highest BCUT2D eigenvalue weighted by Crippen LogP contribution is 2.33. The van der Waals surface area contributed by atoms with Crippen molar-refractivity contribution in [1.29, 1.82) is 0 Å². The fraction of sp³-hybridized carbons (Fsp3) is 0.308. The summed E-state index contributed by atoms with van der Waals surface area (Å²) in [6.07, 6.45) is 6.15. The van der Waals surface area contributed by atoms with Crippen molar-refractivity contribution in [1.82, 2.24) is 4.98 Å². The molecular weight excluding hydrogens is 230 g/mol. The molecule has 2 N–H and O–H groups in total. The van der Waals surface area contributed by atoms with Crippen molar-refractivity contribution in [2.75, 3.05) is 10.6 Å². The normalized spacial score (nSPS) is 14.8. The third-order valence-electron chi connectivity index (χ3n) is 3.00. The van der Waals surface area contributed by atoms with Crippen LogP contribution in [-0.2, 0) is 6.54 Å². The number of nitrogens with two attached hydrogens (primary N) is 1. The number of aromatic nitrogens is 1. The standard InChI is InChI=1S/C13H15N3S/c14-11-5-13(7-15-6-11)16(12-1-2-12)8-10-3-4-17-9-10/h3-7,9,12H,1-2,8,14H2. The van der Waals surface area contributed by atoms with Crippen molar-refractivity contribution in [2.24, 2.45) is 0 Å². The third-order valence-corrected chi connectivity index (χ3v) is 3.73. The molecule has 1 fully saturated rings. The molecule has 17 heavy (non-hydrogen) atoms. The second kappa shape index (κ2) is 4.37. The van der Waals surface area contributed by atoms with E-state index in [-0.39, 0.29) is 0 Å². The Bertz CT molecular complexity index is 491. The molecule has 0 aromatic carbocycles. The molecule has 1 aliphatic rings. The summed E-state index contributed by atoms with van der Waals surface area (Å²) in [6, 6.07) is 4.86. The molecule has 88 valence electrons. The first kappa shape index (κ1) is 10.6. The Labute approximate surface area is 105 Å². The van der Waals surface area contributed by atoms with Gasteiger partial charge in [0.2, 0.25) is 0 Å². The minimum Gasteiger partial charge on any atom is -0.397 e. The van der Waals surface area contributed by atoms with Crippen molar-refractivity contribution >= 4 is 22.7 Å². The Morgan fingerprint density at radius 3 is 2.94 bits per heavy atom. The van der Waals surface area contributed by atoms with Gasteiger partial charge < -0.3 is 10.6 Å². The molecule has 0 spiro atoms. The van der Waals surface area contributed by atoms with E-state index >= 15 is 0 Å². The second-order valence-electron chi connectivity index (χ2n) is 4.47. The Morgan fingerprint density at radius 1 is 1.41 bits per heavy atom. The molecule has 0 bridgehead atoms. The van der Waals surface area contributed by atoms with E-state index in [4.69, 9.17) is 5.73 Å². The zero-order valence-electron chi connectivity index (χ0n) is 9.54. The van der Waals surface area contributed by atoms with E-state index in [1.807, 2.05) is 12.3 Å². The van der Waals surface area contributed by atoms with Gasteiger partial charge in [-0.1, -0.05) is 0 Å². The molecule has 0 saturated heterocycles. The number of pyridine rings is 1. The van der Waals surface area contributed by atoms with Crippen LogP contribution in [0.15, 0.2) is 35.3 Å². The van der Waals surface area contributed by atoms with Crippen LogP contribution in [0, 0.1) is 0 Å². The van der Waals surface area contributed by atoms with E-state index in [0.29, 0.717) is 6.04 Å². The summed E-state index contributed by atoms with van der Waals surface area (Å²) in [4.78, 5) is 6.59. The highest BCUT2D eigenvalue weighted by Gasteiger charge is 2.29. The maximum atomic E-state index is 5.80. The first-order valence-corrected chi connectivity index (χ1v) is 6.75. The number of hydrogen-bond donors (Lipinski definition) is 1. The molecule has 0 radical (unpaired) electrons. The van der Waals surface area contributed by atoms with Crippen LogP contribution in [0.1, 0.15) is 18.4 Å². The lowest BCUT2D eigenvalue weighted by Crippen LogP contribution is -2.24. The minimum atomic E-state index is 0.665. The van der Waals surface area contributed by atoms with Gasteiger partial charge in [0.25, 0.3) is 0 Å². The molecule has 3 rings (SSSR count). The van der Waals surface area contributed by atoms with Gasteiger partial charge in [-0.05, 0) is 41.3 Å². The third kappa shape index (κ3) is 2.42. The summed E-state index contributed by atoms with van der Waals surface area (Å²) < 4.78 is 0. The van der Waals surface area contributed by atoms with Crippen molar-refractivity contribution in [3.8, 4) is 0 Å². The fourth-order valence-electron chi connectivity index (χ4n) is 2.00. The largest absolute Gasteiger partial charge is 0.397 e. The SMILES string of the molecule is Nc1cncc(N(Cc2ccsc2)C2CC2)c1. The molecule has 4 heteroatoms. The van der Waals surface area contributed by atoms with Gasteiger partial charge in [0.05, 0.1) is 17.6 Å². The van der Waals surface area contributed by atoms with Gasteiger partial charge >= 0.3 is 0 Å². The number of nitrogen functional groups attached to an aromatic ring is 1. The molecule has 0 aliphatic heterocycles. The van der Waals surface area contributed by atoms with Crippen LogP contribution in [0.3, 0.4) is 0 Å². The van der Waals surface area contributed by atoms with Gasteiger partial charge in [-0.2, -0.15) is 11.3 Å². The summed E-state index contributed by atoms with van der Waals surface area (Å²) in [5, 5.41) is 4.33.